The second kappa shape index (κ2) is 8.70. The number of aromatic nitrogens is 1. The van der Waals surface area contributed by atoms with Gasteiger partial charge in [-0.05, 0) is 31.1 Å². The minimum absolute atomic E-state index is 0.180. The minimum atomic E-state index is -0.593. The molecule has 5 nitrogen and oxygen atoms in total. The van der Waals surface area contributed by atoms with Crippen LogP contribution in [0.25, 0.3) is 12.2 Å². The number of hydrogen-bond donors (Lipinski definition) is 0. The van der Waals surface area contributed by atoms with Crippen LogP contribution in [0.2, 0.25) is 0 Å². The lowest BCUT2D eigenvalue weighted by atomic mass is 10.0. The molecule has 1 aliphatic heterocycles. The zero-order valence-electron chi connectivity index (χ0n) is 17.5. The first-order valence-electron chi connectivity index (χ1n) is 9.88. The Morgan fingerprint density at radius 3 is 2.45 bits per heavy atom. The number of methoxy groups -OCH3 is 1. The molecule has 0 fully saturated rings. The largest absolute Gasteiger partial charge is 0.466 e. The van der Waals surface area contributed by atoms with Crippen molar-refractivity contribution in [3.05, 3.63) is 108 Å². The van der Waals surface area contributed by atoms with Crippen molar-refractivity contribution in [2.45, 2.75) is 19.9 Å². The maximum absolute atomic E-state index is 13.3. The Kier molecular flexibility index (Phi) is 5.82. The predicted molar refractivity (Wildman–Crippen MR) is 123 cm³/mol. The van der Waals surface area contributed by atoms with Crippen molar-refractivity contribution < 1.29 is 9.53 Å². The molecule has 3 aromatic rings. The normalized spacial score (nSPS) is 16.4. The van der Waals surface area contributed by atoms with Gasteiger partial charge in [0.2, 0.25) is 0 Å². The average molecular weight is 431 g/mol. The summed E-state index contributed by atoms with van der Waals surface area (Å²) in [5.74, 6) is -0.489. The molecule has 0 unspecified atom stereocenters. The van der Waals surface area contributed by atoms with Crippen LogP contribution in [-0.4, -0.2) is 17.6 Å². The van der Waals surface area contributed by atoms with Gasteiger partial charge in [-0.1, -0.05) is 83.6 Å². The number of nitrogens with zero attached hydrogens (tertiary/aromatic N) is 2. The van der Waals surface area contributed by atoms with Gasteiger partial charge >= 0.3 is 5.97 Å². The van der Waals surface area contributed by atoms with Crippen molar-refractivity contribution in [1.82, 2.24) is 4.57 Å². The molecule has 6 heteroatoms. The molecule has 31 heavy (non-hydrogen) atoms. The van der Waals surface area contributed by atoms with Crippen LogP contribution < -0.4 is 14.9 Å². The molecule has 0 spiro atoms. The van der Waals surface area contributed by atoms with E-state index in [2.05, 4.69) is 4.99 Å². The first kappa shape index (κ1) is 20.8. The SMILES string of the molecule is COC(=O)C1=C(C)N=c2s/c(=C/c3ccc(C)cc3)c(=O)n2[C@@H]1/C=C/c1ccccc1. The molecule has 4 rings (SSSR count). The minimum Gasteiger partial charge on any atom is -0.466 e. The van der Waals surface area contributed by atoms with E-state index in [1.54, 1.807) is 11.5 Å². The van der Waals surface area contributed by atoms with Crippen LogP contribution in [0.5, 0.6) is 0 Å². The van der Waals surface area contributed by atoms with Gasteiger partial charge in [0.25, 0.3) is 5.56 Å². The molecule has 0 radical (unpaired) electrons. The molecule has 0 amide bonds. The Morgan fingerprint density at radius 2 is 1.77 bits per heavy atom. The number of thiazole rings is 1. The number of allylic oxidation sites excluding steroid dienone is 2. The number of carbonyl (C=O) groups excluding carboxylic acids is 1. The summed E-state index contributed by atoms with van der Waals surface area (Å²) in [5.41, 5.74) is 3.81. The van der Waals surface area contributed by atoms with Gasteiger partial charge in [0.05, 0.1) is 29.0 Å². The van der Waals surface area contributed by atoms with Gasteiger partial charge < -0.3 is 4.74 Å². The fourth-order valence-electron chi connectivity index (χ4n) is 3.50. The van der Waals surface area contributed by atoms with Crippen molar-refractivity contribution in [3.63, 3.8) is 0 Å². The van der Waals surface area contributed by atoms with Crippen LogP contribution in [0.3, 0.4) is 0 Å². The van der Waals surface area contributed by atoms with Crippen LogP contribution in [0, 0.1) is 6.92 Å². The molecular weight excluding hydrogens is 408 g/mol. The average Bonchev–Trinajstić information content (AvgIpc) is 3.08. The van der Waals surface area contributed by atoms with E-state index in [0.29, 0.717) is 20.6 Å². The topological polar surface area (TPSA) is 60.7 Å². The number of hydrogen-bond acceptors (Lipinski definition) is 5. The van der Waals surface area contributed by atoms with Crippen molar-refractivity contribution in [2.75, 3.05) is 7.11 Å². The van der Waals surface area contributed by atoms with Crippen LogP contribution in [-0.2, 0) is 9.53 Å². The molecule has 156 valence electrons. The summed E-state index contributed by atoms with van der Waals surface area (Å²) in [7, 11) is 1.34. The highest BCUT2D eigenvalue weighted by Crippen LogP contribution is 2.26. The second-order valence-electron chi connectivity index (χ2n) is 7.30. The lowest BCUT2D eigenvalue weighted by molar-refractivity contribution is -0.136. The molecule has 0 saturated heterocycles. The Hall–Kier alpha value is -3.51. The van der Waals surface area contributed by atoms with Gasteiger partial charge in [-0.3, -0.25) is 9.36 Å². The highest BCUT2D eigenvalue weighted by Gasteiger charge is 2.29. The third kappa shape index (κ3) is 4.20. The zero-order chi connectivity index (χ0) is 22.0. The molecule has 1 aromatic heterocycles. The summed E-state index contributed by atoms with van der Waals surface area (Å²) >= 11 is 1.32. The molecule has 0 N–H and O–H groups in total. The Bertz CT molecular complexity index is 1360. The number of rotatable bonds is 4. The van der Waals surface area contributed by atoms with E-state index >= 15 is 0 Å². The van der Waals surface area contributed by atoms with Crippen molar-refractivity contribution >= 4 is 29.5 Å². The van der Waals surface area contributed by atoms with Crippen LogP contribution in [0.4, 0.5) is 0 Å². The van der Waals surface area contributed by atoms with Gasteiger partial charge in [0.1, 0.15) is 0 Å². The van der Waals surface area contributed by atoms with E-state index in [4.69, 9.17) is 4.74 Å². The van der Waals surface area contributed by atoms with Crippen LogP contribution >= 0.6 is 11.3 Å². The maximum atomic E-state index is 13.3. The van der Waals surface area contributed by atoms with Gasteiger partial charge in [-0.15, -0.1) is 0 Å². The number of benzene rings is 2. The first-order valence-corrected chi connectivity index (χ1v) is 10.7. The van der Waals surface area contributed by atoms with Gasteiger partial charge in [-0.2, -0.15) is 0 Å². The Morgan fingerprint density at radius 1 is 1.06 bits per heavy atom. The molecule has 1 aliphatic rings. The summed E-state index contributed by atoms with van der Waals surface area (Å²) in [5, 5.41) is 0. The summed E-state index contributed by atoms with van der Waals surface area (Å²) in [4.78, 5) is 31.0. The van der Waals surface area contributed by atoms with Crippen LogP contribution in [0.1, 0.15) is 29.7 Å². The van der Waals surface area contributed by atoms with E-state index in [1.165, 1.54) is 18.4 Å². The number of ether oxygens (including phenoxy) is 1. The van der Waals surface area contributed by atoms with Crippen LogP contribution in [0.15, 0.2) is 81.7 Å². The molecule has 0 bridgehead atoms. The van der Waals surface area contributed by atoms with Gasteiger partial charge in [0.15, 0.2) is 4.80 Å². The highest BCUT2D eigenvalue weighted by molar-refractivity contribution is 7.07. The summed E-state index contributed by atoms with van der Waals surface area (Å²) in [6.45, 7) is 3.79. The van der Waals surface area contributed by atoms with E-state index in [9.17, 15) is 9.59 Å². The standard InChI is InChI=1S/C25H22N2O3S/c1-16-9-11-19(12-10-16)15-21-23(28)27-20(14-13-18-7-5-4-6-8-18)22(24(29)30-3)17(2)26-25(27)31-21/h4-15,20H,1-3H3/b14-13+,21-15+/t20-/m1/s1. The molecule has 0 saturated carbocycles. The molecule has 2 aromatic carbocycles. The maximum Gasteiger partial charge on any atom is 0.338 e. The molecule has 1 atom stereocenters. The van der Waals surface area contributed by atoms with Crippen molar-refractivity contribution in [1.29, 1.82) is 0 Å². The number of aryl methyl sites for hydroxylation is 1. The second-order valence-corrected chi connectivity index (χ2v) is 8.31. The monoisotopic (exact) mass is 430 g/mol. The Balaban J connectivity index is 1.88. The van der Waals surface area contributed by atoms with E-state index in [0.717, 1.165) is 16.7 Å². The fourth-order valence-corrected chi connectivity index (χ4v) is 4.55. The molecule has 2 heterocycles. The van der Waals surface area contributed by atoms with Crippen molar-refractivity contribution in [3.8, 4) is 0 Å². The summed E-state index contributed by atoms with van der Waals surface area (Å²) in [6.07, 6.45) is 5.62. The van der Waals surface area contributed by atoms with Crippen molar-refractivity contribution in [2.24, 2.45) is 4.99 Å². The fraction of sp³-hybridized carbons (Fsp3) is 0.160. The predicted octanol–water partition coefficient (Wildman–Crippen LogP) is 3.38. The van der Waals surface area contributed by atoms with Gasteiger partial charge in [0, 0.05) is 0 Å². The number of carbonyl (C=O) groups is 1. The number of fused-ring (bicyclic) bond motifs is 1. The lowest BCUT2D eigenvalue weighted by Crippen LogP contribution is -2.38. The summed E-state index contributed by atoms with van der Waals surface area (Å²) in [6, 6.07) is 17.1. The smallest absolute Gasteiger partial charge is 0.338 e. The Labute approximate surface area is 184 Å². The molecular formula is C25H22N2O3S. The lowest BCUT2D eigenvalue weighted by Gasteiger charge is -2.21. The molecule has 0 aliphatic carbocycles. The third-order valence-electron chi connectivity index (χ3n) is 5.11. The third-order valence-corrected chi connectivity index (χ3v) is 6.10. The highest BCUT2D eigenvalue weighted by atomic mass is 32.1. The van der Waals surface area contributed by atoms with Gasteiger partial charge in [-0.25, -0.2) is 9.79 Å². The summed E-state index contributed by atoms with van der Waals surface area (Å²) < 4.78 is 7.14. The zero-order valence-corrected chi connectivity index (χ0v) is 18.3. The number of esters is 1. The quantitative estimate of drug-likeness (QED) is 0.596. The first-order chi connectivity index (χ1) is 15.0. The van der Waals surface area contributed by atoms with E-state index in [-0.39, 0.29) is 5.56 Å². The van der Waals surface area contributed by atoms with E-state index < -0.39 is 12.0 Å². The van der Waals surface area contributed by atoms with E-state index in [1.807, 2.05) is 79.7 Å².